The Morgan fingerprint density at radius 1 is 1.08 bits per heavy atom. The summed E-state index contributed by atoms with van der Waals surface area (Å²) in [5.41, 5.74) is 3.58. The molecule has 2 aromatic rings. The van der Waals surface area contributed by atoms with Gasteiger partial charge in [0, 0.05) is 6.20 Å². The van der Waals surface area contributed by atoms with E-state index in [0.717, 1.165) is 22.3 Å². The van der Waals surface area contributed by atoms with Gasteiger partial charge in [0.15, 0.2) is 0 Å². The third-order valence-electron chi connectivity index (χ3n) is 1.81. The number of nitrogens with zero attached hydrogens (tertiary/aromatic N) is 4. The van der Waals surface area contributed by atoms with Gasteiger partial charge in [0.25, 0.3) is 0 Å². The molecule has 0 radical (unpaired) electrons. The van der Waals surface area contributed by atoms with Crippen LogP contribution < -0.4 is 0 Å². The first kappa shape index (κ1) is 7.09. The number of aryl methyl sites for hydroxylation is 2. The summed E-state index contributed by atoms with van der Waals surface area (Å²) in [5.74, 6) is 0. The fraction of sp³-hybridized carbons (Fsp3) is 0.250. The monoisotopic (exact) mass is 160 g/mol. The second kappa shape index (κ2) is 2.48. The van der Waals surface area contributed by atoms with Crippen molar-refractivity contribution in [1.82, 2.24) is 20.4 Å². The van der Waals surface area contributed by atoms with E-state index in [4.69, 9.17) is 0 Å². The molecule has 0 aliphatic rings. The van der Waals surface area contributed by atoms with Crippen LogP contribution in [0.5, 0.6) is 0 Å². The molecule has 0 atom stereocenters. The summed E-state index contributed by atoms with van der Waals surface area (Å²) < 4.78 is 0. The van der Waals surface area contributed by atoms with E-state index in [1.165, 1.54) is 0 Å². The molecule has 0 bridgehead atoms. The predicted molar refractivity (Wildman–Crippen MR) is 44.6 cm³/mol. The molecule has 2 heterocycles. The topological polar surface area (TPSA) is 51.6 Å². The van der Waals surface area contributed by atoms with Crippen LogP contribution in [0.3, 0.4) is 0 Å². The number of aromatic nitrogens is 4. The van der Waals surface area contributed by atoms with Crippen molar-refractivity contribution in [3.63, 3.8) is 0 Å². The third-order valence-corrected chi connectivity index (χ3v) is 1.81. The third kappa shape index (κ3) is 0.922. The van der Waals surface area contributed by atoms with E-state index >= 15 is 0 Å². The number of hydrogen-bond acceptors (Lipinski definition) is 4. The van der Waals surface area contributed by atoms with Crippen LogP contribution in [0.25, 0.3) is 11.0 Å². The van der Waals surface area contributed by atoms with Gasteiger partial charge in [-0.3, -0.25) is 4.98 Å². The van der Waals surface area contributed by atoms with Gasteiger partial charge in [0.1, 0.15) is 11.0 Å². The van der Waals surface area contributed by atoms with Crippen molar-refractivity contribution in [2.75, 3.05) is 0 Å². The fourth-order valence-electron chi connectivity index (χ4n) is 1.12. The van der Waals surface area contributed by atoms with Crippen LogP contribution in [0.2, 0.25) is 0 Å². The molecule has 0 aromatic carbocycles. The zero-order valence-electron chi connectivity index (χ0n) is 6.94. The Morgan fingerprint density at radius 3 is 2.67 bits per heavy atom. The molecule has 60 valence electrons. The van der Waals surface area contributed by atoms with Gasteiger partial charge in [-0.1, -0.05) is 0 Å². The molecule has 0 spiro atoms. The standard InChI is InChI=1S/C8H8N4/c1-5-3-4-9-8-6(2)10-12-11-7(5)8/h3-4H,1-2H3. The molecule has 4 nitrogen and oxygen atoms in total. The first-order valence-corrected chi connectivity index (χ1v) is 3.70. The van der Waals surface area contributed by atoms with Crippen LogP contribution in [0.15, 0.2) is 12.3 Å². The van der Waals surface area contributed by atoms with Gasteiger partial charge >= 0.3 is 0 Å². The Balaban J connectivity index is 2.94. The molecule has 2 rings (SSSR count). The van der Waals surface area contributed by atoms with Gasteiger partial charge in [0.05, 0.1) is 5.69 Å². The van der Waals surface area contributed by atoms with Gasteiger partial charge in [-0.15, -0.1) is 10.2 Å². The van der Waals surface area contributed by atoms with E-state index in [9.17, 15) is 0 Å². The average molecular weight is 160 g/mol. The minimum atomic E-state index is 0.823. The smallest absolute Gasteiger partial charge is 0.118 e. The van der Waals surface area contributed by atoms with Crippen LogP contribution in [-0.2, 0) is 0 Å². The minimum Gasteiger partial charge on any atom is -0.253 e. The summed E-state index contributed by atoms with van der Waals surface area (Å²) in [5, 5.41) is 11.4. The van der Waals surface area contributed by atoms with Crippen LogP contribution in [0, 0.1) is 13.8 Å². The molecule has 0 aliphatic carbocycles. The van der Waals surface area contributed by atoms with E-state index in [-0.39, 0.29) is 0 Å². The molecule has 0 aliphatic heterocycles. The molecular weight excluding hydrogens is 152 g/mol. The summed E-state index contributed by atoms with van der Waals surface area (Å²) in [6, 6.07) is 1.91. The molecule has 0 fully saturated rings. The van der Waals surface area contributed by atoms with Gasteiger partial charge in [0.2, 0.25) is 0 Å². The van der Waals surface area contributed by atoms with E-state index in [1.54, 1.807) is 6.20 Å². The normalized spacial score (nSPS) is 10.5. The fourth-order valence-corrected chi connectivity index (χ4v) is 1.12. The van der Waals surface area contributed by atoms with Crippen LogP contribution >= 0.6 is 0 Å². The largest absolute Gasteiger partial charge is 0.253 e. The van der Waals surface area contributed by atoms with Crippen molar-refractivity contribution in [2.24, 2.45) is 0 Å². The van der Waals surface area contributed by atoms with Crippen LogP contribution in [-0.4, -0.2) is 20.4 Å². The molecule has 0 saturated carbocycles. The number of rotatable bonds is 0. The minimum absolute atomic E-state index is 0.823. The van der Waals surface area contributed by atoms with Crippen molar-refractivity contribution in [3.05, 3.63) is 23.5 Å². The summed E-state index contributed by atoms with van der Waals surface area (Å²) in [4.78, 5) is 4.18. The quantitative estimate of drug-likeness (QED) is 0.577. The van der Waals surface area contributed by atoms with Crippen molar-refractivity contribution >= 4 is 11.0 Å². The summed E-state index contributed by atoms with van der Waals surface area (Å²) in [7, 11) is 0. The molecule has 0 unspecified atom stereocenters. The number of hydrogen-bond donors (Lipinski definition) is 0. The highest BCUT2D eigenvalue weighted by atomic mass is 15.3. The van der Waals surface area contributed by atoms with E-state index in [2.05, 4.69) is 20.4 Å². The zero-order valence-corrected chi connectivity index (χ0v) is 6.94. The zero-order chi connectivity index (χ0) is 8.55. The Kier molecular flexibility index (Phi) is 1.46. The Hall–Kier alpha value is -1.58. The molecule has 12 heavy (non-hydrogen) atoms. The maximum Gasteiger partial charge on any atom is 0.118 e. The van der Waals surface area contributed by atoms with Crippen molar-refractivity contribution < 1.29 is 0 Å². The summed E-state index contributed by atoms with van der Waals surface area (Å²) in [6.07, 6.45) is 1.76. The second-order valence-electron chi connectivity index (χ2n) is 2.70. The van der Waals surface area contributed by atoms with Crippen LogP contribution in [0.4, 0.5) is 0 Å². The molecule has 0 N–H and O–H groups in total. The molecule has 0 amide bonds. The lowest BCUT2D eigenvalue weighted by atomic mass is 10.2. The van der Waals surface area contributed by atoms with E-state index in [1.807, 2.05) is 19.9 Å². The molecular formula is C8H8N4. The molecule has 2 aromatic heterocycles. The second-order valence-corrected chi connectivity index (χ2v) is 2.70. The lowest BCUT2D eigenvalue weighted by Crippen LogP contribution is -1.96. The first-order chi connectivity index (χ1) is 5.79. The van der Waals surface area contributed by atoms with Gasteiger partial charge in [-0.25, -0.2) is 0 Å². The maximum atomic E-state index is 4.18. The van der Waals surface area contributed by atoms with Crippen molar-refractivity contribution in [1.29, 1.82) is 0 Å². The average Bonchev–Trinajstić information content (AvgIpc) is 2.07. The lowest BCUT2D eigenvalue weighted by Gasteiger charge is -1.98. The Morgan fingerprint density at radius 2 is 1.92 bits per heavy atom. The van der Waals surface area contributed by atoms with Gasteiger partial charge in [-0.2, -0.15) is 0 Å². The highest BCUT2D eigenvalue weighted by molar-refractivity contribution is 5.78. The SMILES string of the molecule is Cc1ccnc2c(C)nnnc12. The molecule has 0 saturated heterocycles. The number of fused-ring (bicyclic) bond motifs is 1. The summed E-state index contributed by atoms with van der Waals surface area (Å²) in [6.45, 7) is 3.86. The lowest BCUT2D eigenvalue weighted by molar-refractivity contribution is 0.863. The van der Waals surface area contributed by atoms with Crippen molar-refractivity contribution in [2.45, 2.75) is 13.8 Å². The van der Waals surface area contributed by atoms with Crippen molar-refractivity contribution in [3.8, 4) is 0 Å². The van der Waals surface area contributed by atoms with Crippen LogP contribution in [0.1, 0.15) is 11.3 Å². The Bertz CT molecular complexity index is 383. The van der Waals surface area contributed by atoms with Gasteiger partial charge < -0.3 is 0 Å². The highest BCUT2D eigenvalue weighted by Crippen LogP contribution is 2.12. The first-order valence-electron chi connectivity index (χ1n) is 3.70. The van der Waals surface area contributed by atoms with E-state index < -0.39 is 0 Å². The Labute approximate surface area is 69.7 Å². The maximum absolute atomic E-state index is 4.18. The highest BCUT2D eigenvalue weighted by Gasteiger charge is 2.02. The number of pyridine rings is 1. The predicted octanol–water partition coefficient (Wildman–Crippen LogP) is 1.04. The summed E-state index contributed by atoms with van der Waals surface area (Å²) >= 11 is 0. The van der Waals surface area contributed by atoms with Gasteiger partial charge in [-0.05, 0) is 30.7 Å². The molecule has 4 heteroatoms. The van der Waals surface area contributed by atoms with E-state index in [0.29, 0.717) is 0 Å².